The highest BCUT2D eigenvalue weighted by molar-refractivity contribution is 6.09. The molecule has 0 saturated carbocycles. The number of hydrogen-bond donors (Lipinski definition) is 1. The highest BCUT2D eigenvalue weighted by Crippen LogP contribution is 2.31. The van der Waals surface area contributed by atoms with Crippen LogP contribution in [0.25, 0.3) is 0 Å². The van der Waals surface area contributed by atoms with Gasteiger partial charge < -0.3 is 15.0 Å². The van der Waals surface area contributed by atoms with Gasteiger partial charge in [-0.05, 0) is 38.0 Å². The first-order valence-electron chi connectivity index (χ1n) is 9.12. The number of nitrogens with zero attached hydrogens (tertiary/aromatic N) is 2. The van der Waals surface area contributed by atoms with Crippen LogP contribution in [0.4, 0.5) is 13.6 Å². The van der Waals surface area contributed by atoms with E-state index in [2.05, 4.69) is 5.32 Å². The number of imide groups is 1. The summed E-state index contributed by atoms with van der Waals surface area (Å²) in [6, 6.07) is 1.76. The summed E-state index contributed by atoms with van der Waals surface area (Å²) in [7, 11) is 1.30. The molecule has 8 nitrogen and oxygen atoms in total. The number of urea groups is 1. The number of amides is 4. The number of ether oxygens (including phenoxy) is 1. The van der Waals surface area contributed by atoms with Crippen molar-refractivity contribution in [2.45, 2.75) is 25.3 Å². The van der Waals surface area contributed by atoms with E-state index in [0.717, 1.165) is 18.2 Å². The maximum atomic E-state index is 14.2. The van der Waals surface area contributed by atoms with Crippen LogP contribution in [-0.2, 0) is 24.7 Å². The fourth-order valence-corrected chi connectivity index (χ4v) is 3.67. The monoisotopic (exact) mass is 409 g/mol. The first kappa shape index (κ1) is 20.7. The van der Waals surface area contributed by atoms with Gasteiger partial charge in [0.1, 0.15) is 23.7 Å². The Kier molecular flexibility index (Phi) is 5.54. The standard InChI is InChI=1S/C19H21F2N3O5/c1-19(13-9-12(20)3-4-14(13)21)17(27)24(18(28)22-19)10-15(25)23-7-5-11(6-8-23)16(26)29-2/h3-4,9,11H,5-8,10H2,1-2H3,(H,22,28)/t19-/m0/s1. The number of esters is 1. The van der Waals surface area contributed by atoms with Gasteiger partial charge in [-0.3, -0.25) is 19.3 Å². The van der Waals surface area contributed by atoms with E-state index in [9.17, 15) is 28.0 Å². The molecule has 0 spiro atoms. The van der Waals surface area contributed by atoms with Crippen molar-refractivity contribution < 1.29 is 32.7 Å². The number of piperidine rings is 1. The van der Waals surface area contributed by atoms with E-state index in [1.807, 2.05) is 0 Å². The molecule has 2 saturated heterocycles. The van der Waals surface area contributed by atoms with Crippen LogP contribution in [0.3, 0.4) is 0 Å². The summed E-state index contributed by atoms with van der Waals surface area (Å²) >= 11 is 0. The summed E-state index contributed by atoms with van der Waals surface area (Å²) < 4.78 is 32.4. The van der Waals surface area contributed by atoms with Crippen LogP contribution in [0.2, 0.25) is 0 Å². The Bertz CT molecular complexity index is 869. The number of halogens is 2. The number of carbonyl (C=O) groups excluding carboxylic acids is 4. The number of hydrogen-bond acceptors (Lipinski definition) is 5. The molecular weight excluding hydrogens is 388 g/mol. The number of likely N-dealkylation sites (tertiary alicyclic amines) is 1. The predicted octanol–water partition coefficient (Wildman–Crippen LogP) is 1.14. The molecule has 10 heteroatoms. The second-order valence-electron chi connectivity index (χ2n) is 7.25. The van der Waals surface area contributed by atoms with Crippen LogP contribution < -0.4 is 5.32 Å². The topological polar surface area (TPSA) is 96.0 Å². The fourth-order valence-electron chi connectivity index (χ4n) is 3.67. The molecule has 2 aliphatic heterocycles. The molecule has 2 aliphatic rings. The first-order valence-corrected chi connectivity index (χ1v) is 9.12. The van der Waals surface area contributed by atoms with Gasteiger partial charge in [-0.2, -0.15) is 0 Å². The largest absolute Gasteiger partial charge is 0.469 e. The second-order valence-corrected chi connectivity index (χ2v) is 7.25. The predicted molar refractivity (Wildman–Crippen MR) is 95.3 cm³/mol. The van der Waals surface area contributed by atoms with Gasteiger partial charge >= 0.3 is 12.0 Å². The zero-order valence-corrected chi connectivity index (χ0v) is 16.0. The average molecular weight is 409 g/mol. The third-order valence-corrected chi connectivity index (χ3v) is 5.42. The van der Waals surface area contributed by atoms with Crippen molar-refractivity contribution in [3.8, 4) is 0 Å². The van der Waals surface area contributed by atoms with Gasteiger partial charge in [0, 0.05) is 18.7 Å². The third-order valence-electron chi connectivity index (χ3n) is 5.42. The Hall–Kier alpha value is -3.04. The fraction of sp³-hybridized carbons (Fsp3) is 0.474. The maximum Gasteiger partial charge on any atom is 0.325 e. The Morgan fingerprint density at radius 1 is 1.24 bits per heavy atom. The molecule has 156 valence electrons. The number of methoxy groups -OCH3 is 1. The summed E-state index contributed by atoms with van der Waals surface area (Å²) in [5, 5.41) is 2.35. The zero-order chi connectivity index (χ0) is 21.3. The molecule has 1 aromatic carbocycles. The van der Waals surface area contributed by atoms with Crippen LogP contribution in [0, 0.1) is 17.6 Å². The Morgan fingerprint density at radius 3 is 2.52 bits per heavy atom. The molecule has 4 amide bonds. The smallest absolute Gasteiger partial charge is 0.325 e. The SMILES string of the molecule is COC(=O)C1CCN(C(=O)CN2C(=O)N[C@@](C)(c3cc(F)ccc3F)C2=O)CC1. The second kappa shape index (κ2) is 7.76. The Labute approximate surface area is 165 Å². The normalized spacial score (nSPS) is 22.6. The highest BCUT2D eigenvalue weighted by atomic mass is 19.1. The van der Waals surface area contributed by atoms with Crippen molar-refractivity contribution in [2.75, 3.05) is 26.7 Å². The quantitative estimate of drug-likeness (QED) is 0.594. The summed E-state index contributed by atoms with van der Waals surface area (Å²) in [6.07, 6.45) is 0.843. The van der Waals surface area contributed by atoms with Gasteiger partial charge in [-0.15, -0.1) is 0 Å². The van der Waals surface area contributed by atoms with Crippen molar-refractivity contribution in [1.29, 1.82) is 0 Å². The van der Waals surface area contributed by atoms with E-state index in [0.29, 0.717) is 17.7 Å². The summed E-state index contributed by atoms with van der Waals surface area (Å²) in [5.74, 6) is -3.54. The maximum absolute atomic E-state index is 14.2. The number of nitrogens with one attached hydrogen (secondary N) is 1. The molecule has 1 aromatic rings. The first-order chi connectivity index (χ1) is 13.7. The van der Waals surface area contributed by atoms with Gasteiger partial charge in [0.05, 0.1) is 13.0 Å². The van der Waals surface area contributed by atoms with E-state index < -0.39 is 41.6 Å². The molecule has 1 N–H and O–H groups in total. The van der Waals surface area contributed by atoms with Crippen molar-refractivity contribution in [1.82, 2.24) is 15.1 Å². The van der Waals surface area contributed by atoms with Gasteiger partial charge in [0.2, 0.25) is 5.91 Å². The molecule has 0 aliphatic carbocycles. The lowest BCUT2D eigenvalue weighted by atomic mass is 9.91. The number of carbonyl (C=O) groups is 4. The molecule has 1 atom stereocenters. The summed E-state index contributed by atoms with van der Waals surface area (Å²) in [4.78, 5) is 51.4. The van der Waals surface area contributed by atoms with Crippen LogP contribution >= 0.6 is 0 Å². The zero-order valence-electron chi connectivity index (χ0n) is 16.0. The Morgan fingerprint density at radius 2 is 1.90 bits per heavy atom. The van der Waals surface area contributed by atoms with Crippen molar-refractivity contribution >= 4 is 23.8 Å². The van der Waals surface area contributed by atoms with Crippen LogP contribution in [0.1, 0.15) is 25.3 Å². The molecule has 0 bridgehead atoms. The van der Waals surface area contributed by atoms with Gasteiger partial charge in [-0.25, -0.2) is 13.6 Å². The van der Waals surface area contributed by atoms with Crippen molar-refractivity contribution in [3.05, 3.63) is 35.4 Å². The third kappa shape index (κ3) is 3.79. The van der Waals surface area contributed by atoms with E-state index in [1.165, 1.54) is 18.9 Å². The molecule has 2 fully saturated rings. The van der Waals surface area contributed by atoms with Gasteiger partial charge in [-0.1, -0.05) is 0 Å². The molecule has 29 heavy (non-hydrogen) atoms. The van der Waals surface area contributed by atoms with Gasteiger partial charge in [0.25, 0.3) is 5.91 Å². The minimum atomic E-state index is -1.82. The van der Waals surface area contributed by atoms with Gasteiger partial charge in [0.15, 0.2) is 0 Å². The molecule has 3 rings (SSSR count). The lowest BCUT2D eigenvalue weighted by Crippen LogP contribution is -2.47. The Balaban J connectivity index is 1.70. The minimum absolute atomic E-state index is 0.290. The van der Waals surface area contributed by atoms with Crippen LogP contribution in [-0.4, -0.2) is 60.4 Å². The van der Waals surface area contributed by atoms with E-state index in [1.54, 1.807) is 0 Å². The van der Waals surface area contributed by atoms with E-state index in [-0.39, 0.29) is 30.5 Å². The van der Waals surface area contributed by atoms with E-state index >= 15 is 0 Å². The number of benzene rings is 1. The number of rotatable bonds is 4. The minimum Gasteiger partial charge on any atom is -0.469 e. The highest BCUT2D eigenvalue weighted by Gasteiger charge is 2.51. The molecule has 0 radical (unpaired) electrons. The van der Waals surface area contributed by atoms with Crippen LogP contribution in [0.15, 0.2) is 18.2 Å². The molecule has 2 heterocycles. The lowest BCUT2D eigenvalue weighted by Gasteiger charge is -2.31. The van der Waals surface area contributed by atoms with Crippen molar-refractivity contribution in [2.24, 2.45) is 5.92 Å². The summed E-state index contributed by atoms with van der Waals surface area (Å²) in [5.41, 5.74) is -2.13. The lowest BCUT2D eigenvalue weighted by molar-refractivity contribution is -0.149. The van der Waals surface area contributed by atoms with Crippen LogP contribution in [0.5, 0.6) is 0 Å². The molecule has 0 aromatic heterocycles. The molecule has 0 unspecified atom stereocenters. The van der Waals surface area contributed by atoms with E-state index in [4.69, 9.17) is 4.74 Å². The van der Waals surface area contributed by atoms with Crippen molar-refractivity contribution in [3.63, 3.8) is 0 Å². The molecular formula is C19H21F2N3O5. The summed E-state index contributed by atoms with van der Waals surface area (Å²) in [6.45, 7) is 1.31. The average Bonchev–Trinajstić information content (AvgIpc) is 2.93.